The molecule has 1 fully saturated rings. The van der Waals surface area contributed by atoms with Crippen LogP contribution in [0.1, 0.15) is 36.8 Å². The normalized spacial score (nSPS) is 16.3. The number of carbonyl (C=O) groups excluding carboxylic acids is 1. The number of aromatic nitrogens is 1. The monoisotopic (exact) mass is 460 g/mol. The van der Waals surface area contributed by atoms with Gasteiger partial charge in [0.05, 0.1) is 0 Å². The standard InChI is InChI=1S/C29H40N4O/c1-30(2)29(25-11-6-5-7-12-25)17-21-33(22-18-29)20-10-19-31(3)28(34)16-15-24-23-32(4)27-14-9-8-13-26(24)27/h5-9,11-14,23H,10,15-22H2,1-4H3. The third-order valence-corrected chi connectivity index (χ3v) is 7.83. The maximum atomic E-state index is 12.8. The van der Waals surface area contributed by atoms with Gasteiger partial charge in [-0.25, -0.2) is 0 Å². The van der Waals surface area contributed by atoms with Crippen molar-refractivity contribution in [2.75, 3.05) is 47.3 Å². The fourth-order valence-corrected chi connectivity index (χ4v) is 5.60. The van der Waals surface area contributed by atoms with Crippen LogP contribution in [0.25, 0.3) is 10.9 Å². The molecule has 5 heteroatoms. The van der Waals surface area contributed by atoms with Gasteiger partial charge in [0.25, 0.3) is 0 Å². The summed E-state index contributed by atoms with van der Waals surface area (Å²) in [6, 6.07) is 19.4. The molecule has 0 N–H and O–H groups in total. The first-order chi connectivity index (χ1) is 16.4. The number of likely N-dealkylation sites (tertiary alicyclic amines) is 1. The van der Waals surface area contributed by atoms with Crippen LogP contribution in [0.4, 0.5) is 0 Å². The van der Waals surface area contributed by atoms with Gasteiger partial charge in [0.15, 0.2) is 0 Å². The number of amides is 1. The van der Waals surface area contributed by atoms with Gasteiger partial charge in [-0.1, -0.05) is 48.5 Å². The van der Waals surface area contributed by atoms with Gasteiger partial charge in [0.2, 0.25) is 5.91 Å². The maximum absolute atomic E-state index is 12.8. The molecule has 1 aromatic heterocycles. The van der Waals surface area contributed by atoms with Crippen molar-refractivity contribution >= 4 is 16.8 Å². The molecule has 1 saturated heterocycles. The van der Waals surface area contributed by atoms with Crippen molar-refractivity contribution in [2.45, 2.75) is 37.6 Å². The van der Waals surface area contributed by atoms with E-state index >= 15 is 0 Å². The first-order valence-corrected chi connectivity index (χ1v) is 12.6. The van der Waals surface area contributed by atoms with Crippen molar-refractivity contribution in [3.63, 3.8) is 0 Å². The maximum Gasteiger partial charge on any atom is 0.222 e. The molecule has 3 aromatic rings. The number of rotatable bonds is 9. The summed E-state index contributed by atoms with van der Waals surface area (Å²) >= 11 is 0. The lowest BCUT2D eigenvalue weighted by Crippen LogP contribution is -2.50. The summed E-state index contributed by atoms with van der Waals surface area (Å²) in [5, 5.41) is 1.26. The van der Waals surface area contributed by atoms with Crippen molar-refractivity contribution < 1.29 is 4.79 Å². The number of nitrogens with zero attached hydrogens (tertiary/aromatic N) is 4. The zero-order chi connectivity index (χ0) is 24.1. The van der Waals surface area contributed by atoms with Crippen molar-refractivity contribution in [3.05, 3.63) is 71.9 Å². The van der Waals surface area contributed by atoms with Crippen LogP contribution in [0.3, 0.4) is 0 Å². The van der Waals surface area contributed by atoms with E-state index in [9.17, 15) is 4.79 Å². The average Bonchev–Trinajstić information content (AvgIpc) is 3.19. The van der Waals surface area contributed by atoms with Crippen LogP contribution in [0.15, 0.2) is 60.8 Å². The smallest absolute Gasteiger partial charge is 0.222 e. The second-order valence-corrected chi connectivity index (χ2v) is 10.1. The van der Waals surface area contributed by atoms with Crippen LogP contribution in [-0.2, 0) is 23.8 Å². The van der Waals surface area contributed by atoms with E-state index in [1.165, 1.54) is 22.0 Å². The number of fused-ring (bicyclic) bond motifs is 1. The number of hydrogen-bond acceptors (Lipinski definition) is 3. The first-order valence-electron chi connectivity index (χ1n) is 12.6. The average molecular weight is 461 g/mol. The molecule has 1 amide bonds. The lowest BCUT2D eigenvalue weighted by atomic mass is 9.80. The molecule has 2 heterocycles. The molecule has 34 heavy (non-hydrogen) atoms. The molecule has 0 unspecified atom stereocenters. The molecule has 1 aliphatic heterocycles. The number of aryl methyl sites for hydroxylation is 2. The summed E-state index contributed by atoms with van der Waals surface area (Å²) in [7, 11) is 8.44. The minimum Gasteiger partial charge on any atom is -0.350 e. The Bertz CT molecular complexity index is 1080. The Morgan fingerprint density at radius 1 is 0.971 bits per heavy atom. The number of para-hydroxylation sites is 1. The largest absolute Gasteiger partial charge is 0.350 e. The fraction of sp³-hybridized carbons (Fsp3) is 0.483. The Morgan fingerprint density at radius 2 is 1.65 bits per heavy atom. The summed E-state index contributed by atoms with van der Waals surface area (Å²) in [6.07, 6.45) is 6.83. The third-order valence-electron chi connectivity index (χ3n) is 7.83. The second-order valence-electron chi connectivity index (χ2n) is 10.1. The predicted molar refractivity (Wildman–Crippen MR) is 141 cm³/mol. The molecule has 4 rings (SSSR count). The van der Waals surface area contributed by atoms with Crippen LogP contribution in [-0.4, -0.2) is 72.5 Å². The zero-order valence-corrected chi connectivity index (χ0v) is 21.3. The molecule has 0 aliphatic carbocycles. The topological polar surface area (TPSA) is 31.7 Å². The molecule has 0 spiro atoms. The number of benzene rings is 2. The Hall–Kier alpha value is -2.63. The van der Waals surface area contributed by atoms with Gasteiger partial charge in [-0.15, -0.1) is 0 Å². The molecule has 182 valence electrons. The van der Waals surface area contributed by atoms with E-state index in [1.54, 1.807) is 0 Å². The van der Waals surface area contributed by atoms with Crippen LogP contribution >= 0.6 is 0 Å². The van der Waals surface area contributed by atoms with Crippen LogP contribution < -0.4 is 0 Å². The Labute approximate surface area is 204 Å². The molecule has 2 aromatic carbocycles. The van der Waals surface area contributed by atoms with Gasteiger partial charge >= 0.3 is 0 Å². The Kier molecular flexibility index (Phi) is 7.74. The van der Waals surface area contributed by atoms with Crippen molar-refractivity contribution in [3.8, 4) is 0 Å². The van der Waals surface area contributed by atoms with E-state index in [-0.39, 0.29) is 11.4 Å². The molecule has 1 aliphatic rings. The van der Waals surface area contributed by atoms with Gasteiger partial charge in [-0.05, 0) is 63.5 Å². The molecule has 0 radical (unpaired) electrons. The van der Waals surface area contributed by atoms with E-state index in [0.717, 1.165) is 51.9 Å². The van der Waals surface area contributed by atoms with Crippen molar-refractivity contribution in [2.24, 2.45) is 7.05 Å². The van der Waals surface area contributed by atoms with E-state index in [2.05, 4.69) is 96.3 Å². The summed E-state index contributed by atoms with van der Waals surface area (Å²) in [5.74, 6) is 0.238. The van der Waals surface area contributed by atoms with Gasteiger partial charge in [-0.2, -0.15) is 0 Å². The van der Waals surface area contributed by atoms with Gasteiger partial charge in [0, 0.05) is 62.8 Å². The summed E-state index contributed by atoms with van der Waals surface area (Å²) in [6.45, 7) is 4.08. The van der Waals surface area contributed by atoms with Crippen LogP contribution in [0.5, 0.6) is 0 Å². The number of piperidine rings is 1. The quantitative estimate of drug-likeness (QED) is 0.471. The van der Waals surface area contributed by atoms with E-state index in [0.29, 0.717) is 6.42 Å². The van der Waals surface area contributed by atoms with Crippen molar-refractivity contribution in [1.29, 1.82) is 0 Å². The lowest BCUT2D eigenvalue weighted by molar-refractivity contribution is -0.129. The molecule has 0 bridgehead atoms. The summed E-state index contributed by atoms with van der Waals surface area (Å²) in [4.78, 5) is 19.7. The lowest BCUT2D eigenvalue weighted by Gasteiger charge is -2.46. The third kappa shape index (κ3) is 5.21. The Balaban J connectivity index is 1.22. The second kappa shape index (κ2) is 10.7. The van der Waals surface area contributed by atoms with Crippen molar-refractivity contribution in [1.82, 2.24) is 19.3 Å². The van der Waals surface area contributed by atoms with E-state index < -0.39 is 0 Å². The zero-order valence-electron chi connectivity index (χ0n) is 21.3. The highest BCUT2D eigenvalue weighted by atomic mass is 16.2. The van der Waals surface area contributed by atoms with Crippen LogP contribution in [0, 0.1) is 0 Å². The first kappa shape index (κ1) is 24.5. The van der Waals surface area contributed by atoms with Gasteiger partial charge < -0.3 is 14.4 Å². The molecule has 5 nitrogen and oxygen atoms in total. The van der Waals surface area contributed by atoms with E-state index in [4.69, 9.17) is 0 Å². The van der Waals surface area contributed by atoms with E-state index in [1.807, 2.05) is 11.9 Å². The molecule has 0 atom stereocenters. The fourth-order valence-electron chi connectivity index (χ4n) is 5.60. The summed E-state index contributed by atoms with van der Waals surface area (Å²) in [5.41, 5.74) is 4.05. The van der Waals surface area contributed by atoms with Gasteiger partial charge in [-0.3, -0.25) is 9.69 Å². The number of carbonyl (C=O) groups is 1. The highest BCUT2D eigenvalue weighted by Gasteiger charge is 2.37. The SMILES string of the molecule is CN(CCCN1CCC(c2ccccc2)(N(C)C)CC1)C(=O)CCc1cn(C)c2ccccc12. The van der Waals surface area contributed by atoms with Gasteiger partial charge in [0.1, 0.15) is 0 Å². The highest BCUT2D eigenvalue weighted by molar-refractivity contribution is 5.84. The Morgan fingerprint density at radius 3 is 2.35 bits per heavy atom. The summed E-state index contributed by atoms with van der Waals surface area (Å²) < 4.78 is 2.15. The highest BCUT2D eigenvalue weighted by Crippen LogP contribution is 2.37. The minimum absolute atomic E-state index is 0.131. The van der Waals surface area contributed by atoms with Crippen LogP contribution in [0.2, 0.25) is 0 Å². The molecule has 0 saturated carbocycles. The predicted octanol–water partition coefficient (Wildman–Crippen LogP) is 4.51. The molecular formula is C29H40N4O. The number of hydrogen-bond donors (Lipinski definition) is 0. The minimum atomic E-state index is 0.131. The molecular weight excluding hydrogens is 420 g/mol.